The van der Waals surface area contributed by atoms with Crippen LogP contribution in [0.4, 0.5) is 4.79 Å². The van der Waals surface area contributed by atoms with Gasteiger partial charge in [0, 0.05) is 30.1 Å². The van der Waals surface area contributed by atoms with Crippen LogP contribution in [-0.2, 0) is 9.53 Å². The van der Waals surface area contributed by atoms with Gasteiger partial charge in [0.1, 0.15) is 11.4 Å². The predicted molar refractivity (Wildman–Crippen MR) is 142 cm³/mol. The van der Waals surface area contributed by atoms with E-state index in [2.05, 4.69) is 5.32 Å². The minimum absolute atomic E-state index is 0.0144. The molecule has 9 heteroatoms. The third-order valence-corrected chi connectivity index (χ3v) is 7.42. The number of rotatable bonds is 6. The summed E-state index contributed by atoms with van der Waals surface area (Å²) >= 11 is 14.5. The number of alkyl carbamates (subject to hydrolysis) is 1. The van der Waals surface area contributed by atoms with Crippen LogP contribution in [0.5, 0.6) is 5.75 Å². The number of piperidine rings is 1. The van der Waals surface area contributed by atoms with Crippen molar-refractivity contribution in [1.82, 2.24) is 10.2 Å². The third kappa shape index (κ3) is 7.82. The minimum Gasteiger partial charge on any atom is -0.496 e. The van der Waals surface area contributed by atoms with E-state index in [0.717, 1.165) is 15.5 Å². The van der Waals surface area contributed by atoms with E-state index in [9.17, 15) is 9.59 Å². The van der Waals surface area contributed by atoms with Crippen LogP contribution in [-0.4, -0.2) is 48.7 Å². The molecule has 0 radical (unpaired) electrons. The molecular weight excluding hydrogens is 507 g/mol. The van der Waals surface area contributed by atoms with Gasteiger partial charge < -0.3 is 19.7 Å². The van der Waals surface area contributed by atoms with Gasteiger partial charge in [0.05, 0.1) is 22.1 Å². The summed E-state index contributed by atoms with van der Waals surface area (Å²) in [7, 11) is 1.62. The third-order valence-electron chi connectivity index (χ3n) is 5.30. The van der Waals surface area contributed by atoms with Gasteiger partial charge in [-0.3, -0.25) is 4.79 Å². The van der Waals surface area contributed by atoms with E-state index in [1.165, 1.54) is 17.8 Å². The Morgan fingerprint density at radius 3 is 2.40 bits per heavy atom. The second-order valence-corrected chi connectivity index (χ2v) is 11.0. The van der Waals surface area contributed by atoms with Crippen LogP contribution < -0.4 is 10.1 Å². The molecule has 0 saturated carbocycles. The number of benzene rings is 2. The Bertz CT molecular complexity index is 1090. The van der Waals surface area contributed by atoms with Gasteiger partial charge in [0.15, 0.2) is 0 Å². The molecule has 1 heterocycles. The summed E-state index contributed by atoms with van der Waals surface area (Å²) in [6.45, 7) is 6.57. The summed E-state index contributed by atoms with van der Waals surface area (Å²) < 4.78 is 10.7. The number of para-hydroxylation sites is 1. The Kier molecular flexibility index (Phi) is 9.39. The number of carbonyl (C=O) groups is 2. The number of nitrogens with zero attached hydrogens (tertiary/aromatic N) is 1. The molecule has 3 rings (SSSR count). The molecule has 0 atom stereocenters. The summed E-state index contributed by atoms with van der Waals surface area (Å²) in [6, 6.07) is 11.4. The van der Waals surface area contributed by atoms with Crippen molar-refractivity contribution in [3.63, 3.8) is 0 Å². The van der Waals surface area contributed by atoms with Gasteiger partial charge in [-0.1, -0.05) is 53.2 Å². The van der Waals surface area contributed by atoms with Gasteiger partial charge >= 0.3 is 6.09 Å². The number of methoxy groups -OCH3 is 1. The molecule has 0 bridgehead atoms. The van der Waals surface area contributed by atoms with Crippen molar-refractivity contribution in [3.05, 3.63) is 58.1 Å². The van der Waals surface area contributed by atoms with E-state index < -0.39 is 11.7 Å². The topological polar surface area (TPSA) is 67.9 Å². The average molecular weight is 538 g/mol. The van der Waals surface area contributed by atoms with Crippen molar-refractivity contribution in [3.8, 4) is 5.75 Å². The predicted octanol–water partition coefficient (Wildman–Crippen LogP) is 6.68. The first-order valence-electron chi connectivity index (χ1n) is 11.3. The first-order chi connectivity index (χ1) is 16.6. The fraction of sp³-hybridized carbons (Fsp3) is 0.385. The van der Waals surface area contributed by atoms with Crippen molar-refractivity contribution in [1.29, 1.82) is 0 Å². The maximum absolute atomic E-state index is 12.7. The van der Waals surface area contributed by atoms with Crippen molar-refractivity contribution in [2.45, 2.75) is 55.0 Å². The average Bonchev–Trinajstić information content (AvgIpc) is 2.81. The summed E-state index contributed by atoms with van der Waals surface area (Å²) in [5.74, 6) is 0.643. The molecule has 0 aliphatic carbocycles. The van der Waals surface area contributed by atoms with E-state index in [-0.39, 0.29) is 11.9 Å². The van der Waals surface area contributed by atoms with Crippen LogP contribution in [0.3, 0.4) is 0 Å². The van der Waals surface area contributed by atoms with Crippen LogP contribution in [0.1, 0.15) is 39.2 Å². The van der Waals surface area contributed by atoms with E-state index in [1.807, 2.05) is 57.2 Å². The number of hydrogen-bond donors (Lipinski definition) is 1. The molecule has 1 fully saturated rings. The highest BCUT2D eigenvalue weighted by atomic mass is 35.5. The molecule has 1 N–H and O–H groups in total. The molecule has 188 valence electrons. The smallest absolute Gasteiger partial charge is 0.407 e. The molecule has 2 amide bonds. The van der Waals surface area contributed by atoms with Crippen LogP contribution in [0.25, 0.3) is 6.08 Å². The van der Waals surface area contributed by atoms with Crippen LogP contribution in [0.2, 0.25) is 10.0 Å². The molecule has 0 spiro atoms. The second kappa shape index (κ2) is 12.1. The van der Waals surface area contributed by atoms with Gasteiger partial charge in [0.25, 0.3) is 0 Å². The summed E-state index contributed by atoms with van der Waals surface area (Å²) in [5, 5.41) is 3.68. The maximum atomic E-state index is 12.7. The molecule has 0 unspecified atom stereocenters. The summed E-state index contributed by atoms with van der Waals surface area (Å²) in [4.78, 5) is 28.1. The Balaban J connectivity index is 1.57. The number of carbonyl (C=O) groups excluding carboxylic acids is 2. The molecule has 1 aliphatic rings. The fourth-order valence-electron chi connectivity index (χ4n) is 3.56. The number of amides is 2. The zero-order chi connectivity index (χ0) is 25.6. The minimum atomic E-state index is -0.541. The van der Waals surface area contributed by atoms with Gasteiger partial charge in [-0.05, 0) is 63.5 Å². The number of halogens is 2. The molecule has 35 heavy (non-hydrogen) atoms. The Labute approximate surface area is 220 Å². The highest BCUT2D eigenvalue weighted by Crippen LogP contribution is 2.42. The van der Waals surface area contributed by atoms with Crippen molar-refractivity contribution in [2.75, 3.05) is 20.2 Å². The first-order valence-corrected chi connectivity index (χ1v) is 12.9. The lowest BCUT2D eigenvalue weighted by atomic mass is 10.1. The van der Waals surface area contributed by atoms with E-state index in [0.29, 0.717) is 41.5 Å². The molecular formula is C26H30Cl2N2O4S. The Morgan fingerprint density at radius 1 is 1.06 bits per heavy atom. The van der Waals surface area contributed by atoms with Gasteiger partial charge in [-0.2, -0.15) is 0 Å². The van der Waals surface area contributed by atoms with Crippen molar-refractivity contribution >= 4 is 53.0 Å². The largest absolute Gasteiger partial charge is 0.496 e. The van der Waals surface area contributed by atoms with Crippen molar-refractivity contribution in [2.24, 2.45) is 0 Å². The van der Waals surface area contributed by atoms with Crippen LogP contribution in [0, 0.1) is 0 Å². The zero-order valence-corrected chi connectivity index (χ0v) is 22.6. The zero-order valence-electron chi connectivity index (χ0n) is 20.3. The van der Waals surface area contributed by atoms with E-state index >= 15 is 0 Å². The number of ether oxygens (including phenoxy) is 2. The first kappa shape index (κ1) is 27.2. The Hall–Kier alpha value is -2.35. The number of hydrogen-bond acceptors (Lipinski definition) is 5. The fourth-order valence-corrected chi connectivity index (χ4v) is 5.10. The number of nitrogens with one attached hydrogen (secondary N) is 1. The second-order valence-electron chi connectivity index (χ2n) is 9.11. The lowest BCUT2D eigenvalue weighted by Crippen LogP contribution is -2.47. The van der Waals surface area contributed by atoms with E-state index in [1.54, 1.807) is 18.1 Å². The van der Waals surface area contributed by atoms with Crippen molar-refractivity contribution < 1.29 is 19.1 Å². The molecule has 1 aliphatic heterocycles. The molecule has 6 nitrogen and oxygen atoms in total. The molecule has 1 saturated heterocycles. The quantitative estimate of drug-likeness (QED) is 0.417. The van der Waals surface area contributed by atoms with Gasteiger partial charge in [-0.25, -0.2) is 4.79 Å². The normalized spacial score (nSPS) is 14.7. The summed E-state index contributed by atoms with van der Waals surface area (Å²) in [6.07, 6.45) is 4.09. The SMILES string of the molecule is COc1ccccc1Sc1ccc(C=CC(=O)N2CCC(NC(=O)OC(C)(C)C)CC2)c(Cl)c1Cl. The summed E-state index contributed by atoms with van der Waals surface area (Å²) in [5.41, 5.74) is 0.122. The highest BCUT2D eigenvalue weighted by Gasteiger charge is 2.25. The van der Waals surface area contributed by atoms with Crippen LogP contribution >= 0.6 is 35.0 Å². The lowest BCUT2D eigenvalue weighted by molar-refractivity contribution is -0.127. The standard InChI is InChI=1S/C26H30Cl2N2O4S/c1-26(2,3)34-25(32)29-18-13-15-30(16-14-18)22(31)12-10-17-9-11-21(24(28)23(17)27)35-20-8-6-5-7-19(20)33-4/h5-12,18H,13-16H2,1-4H3,(H,29,32). The molecule has 0 aromatic heterocycles. The van der Waals surface area contributed by atoms with Crippen LogP contribution in [0.15, 0.2) is 52.3 Å². The Morgan fingerprint density at radius 2 is 1.74 bits per heavy atom. The lowest BCUT2D eigenvalue weighted by Gasteiger charge is -2.32. The van der Waals surface area contributed by atoms with E-state index in [4.69, 9.17) is 32.7 Å². The monoisotopic (exact) mass is 536 g/mol. The van der Waals surface area contributed by atoms with Gasteiger partial charge in [0.2, 0.25) is 5.91 Å². The highest BCUT2D eigenvalue weighted by molar-refractivity contribution is 7.99. The molecule has 2 aromatic carbocycles. The molecule has 2 aromatic rings. The number of likely N-dealkylation sites (tertiary alicyclic amines) is 1. The maximum Gasteiger partial charge on any atom is 0.407 e. The van der Waals surface area contributed by atoms with Gasteiger partial charge in [-0.15, -0.1) is 0 Å².